The fourth-order valence-corrected chi connectivity index (χ4v) is 4.45. The van der Waals surface area contributed by atoms with Gasteiger partial charge in [0.1, 0.15) is 0 Å². The number of nitrogens with one attached hydrogen (secondary N) is 3. The Labute approximate surface area is 151 Å². The molecule has 2 aromatic rings. The van der Waals surface area contributed by atoms with Gasteiger partial charge in [-0.3, -0.25) is 4.99 Å². The summed E-state index contributed by atoms with van der Waals surface area (Å²) in [5, 5.41) is 5.89. The van der Waals surface area contributed by atoms with Gasteiger partial charge in [-0.15, -0.1) is 0 Å². The Kier molecular flexibility index (Phi) is 2.86. The van der Waals surface area contributed by atoms with Crippen LogP contribution < -0.4 is 16.0 Å². The van der Waals surface area contributed by atoms with Crippen molar-refractivity contribution in [2.75, 3.05) is 0 Å². The quantitative estimate of drug-likeness (QED) is 0.678. The number of aromatic amines is 2. The van der Waals surface area contributed by atoms with E-state index in [1.807, 2.05) is 0 Å². The van der Waals surface area contributed by atoms with E-state index in [0.29, 0.717) is 0 Å². The molecule has 128 valence electrons. The Balaban J connectivity index is 1.56. The maximum absolute atomic E-state index is 5.02. The molecular formula is C22H20N4. The minimum absolute atomic E-state index is 0.142. The van der Waals surface area contributed by atoms with E-state index in [0.717, 1.165) is 47.8 Å². The SMILES string of the molecule is C1=C2CCC(=C3CCC4=CC(C=c5ccc([nH]5)=Cc5ccc1[nH]5)N=C43)N2. The van der Waals surface area contributed by atoms with Crippen molar-refractivity contribution in [3.8, 4) is 0 Å². The van der Waals surface area contributed by atoms with Gasteiger partial charge in [-0.25, -0.2) is 0 Å². The summed E-state index contributed by atoms with van der Waals surface area (Å²) in [6, 6.07) is 8.66. The zero-order valence-corrected chi connectivity index (χ0v) is 14.5. The summed E-state index contributed by atoms with van der Waals surface area (Å²) in [6.07, 6.45) is 13.3. The van der Waals surface area contributed by atoms with E-state index in [4.69, 9.17) is 4.99 Å². The Morgan fingerprint density at radius 2 is 1.69 bits per heavy atom. The van der Waals surface area contributed by atoms with Crippen LogP contribution in [0.4, 0.5) is 0 Å². The average Bonchev–Trinajstić information content (AvgIpc) is 3.38. The van der Waals surface area contributed by atoms with Gasteiger partial charge in [-0.05, 0) is 79.3 Å². The van der Waals surface area contributed by atoms with Crippen LogP contribution in [-0.2, 0) is 0 Å². The van der Waals surface area contributed by atoms with Gasteiger partial charge in [0.2, 0.25) is 0 Å². The second-order valence-electron chi connectivity index (χ2n) is 7.46. The number of rotatable bonds is 0. The molecule has 2 fully saturated rings. The summed E-state index contributed by atoms with van der Waals surface area (Å²) in [7, 11) is 0. The molecule has 4 aliphatic rings. The first-order chi connectivity index (χ1) is 12.8. The van der Waals surface area contributed by atoms with E-state index >= 15 is 0 Å². The molecule has 5 heterocycles. The predicted octanol–water partition coefficient (Wildman–Crippen LogP) is 2.49. The zero-order valence-electron chi connectivity index (χ0n) is 14.5. The summed E-state index contributed by atoms with van der Waals surface area (Å²) < 4.78 is 0. The number of aliphatic imine (C=N–C) groups is 1. The third-order valence-electron chi connectivity index (χ3n) is 5.66. The molecule has 1 unspecified atom stereocenters. The largest absolute Gasteiger partial charge is 0.362 e. The number of H-pyrrole nitrogens is 2. The highest BCUT2D eigenvalue weighted by Gasteiger charge is 2.30. The first kappa shape index (κ1) is 14.2. The van der Waals surface area contributed by atoms with Crippen molar-refractivity contribution in [3.63, 3.8) is 0 Å². The van der Waals surface area contributed by atoms with E-state index in [9.17, 15) is 0 Å². The first-order valence-electron chi connectivity index (χ1n) is 9.37. The first-order valence-corrected chi connectivity index (χ1v) is 9.37. The third kappa shape index (κ3) is 2.25. The molecule has 0 aromatic carbocycles. The van der Waals surface area contributed by atoms with Crippen LogP contribution in [0.15, 0.2) is 57.9 Å². The normalized spacial score (nSPS) is 23.1. The molecule has 6 rings (SSSR count). The zero-order chi connectivity index (χ0) is 17.1. The minimum Gasteiger partial charge on any atom is -0.362 e. The number of aromatic nitrogens is 2. The second-order valence-corrected chi connectivity index (χ2v) is 7.46. The van der Waals surface area contributed by atoms with Crippen molar-refractivity contribution in [1.82, 2.24) is 15.3 Å². The Morgan fingerprint density at radius 3 is 2.65 bits per heavy atom. The number of nitrogens with zero attached hydrogens (tertiary/aromatic N) is 1. The lowest BCUT2D eigenvalue weighted by Crippen LogP contribution is -2.12. The summed E-state index contributed by atoms with van der Waals surface area (Å²) in [4.78, 5) is 12.0. The predicted molar refractivity (Wildman–Crippen MR) is 105 cm³/mol. The molecule has 1 saturated heterocycles. The molecule has 26 heavy (non-hydrogen) atoms. The molecule has 4 heteroatoms. The molecule has 3 N–H and O–H groups in total. The molecule has 2 aromatic heterocycles. The van der Waals surface area contributed by atoms with Crippen molar-refractivity contribution in [3.05, 3.63) is 75.0 Å². The van der Waals surface area contributed by atoms with Crippen molar-refractivity contribution in [2.45, 2.75) is 31.7 Å². The van der Waals surface area contributed by atoms with Gasteiger partial charge in [-0.1, -0.05) is 6.08 Å². The van der Waals surface area contributed by atoms with E-state index in [1.165, 1.54) is 28.3 Å². The van der Waals surface area contributed by atoms with Gasteiger partial charge in [0.05, 0.1) is 11.8 Å². The number of allylic oxidation sites excluding steroid dienone is 4. The number of hydrogen-bond donors (Lipinski definition) is 3. The van der Waals surface area contributed by atoms with Crippen LogP contribution in [0.1, 0.15) is 37.1 Å². The van der Waals surface area contributed by atoms with Gasteiger partial charge in [-0.2, -0.15) is 0 Å². The Hall–Kier alpha value is -3.01. The monoisotopic (exact) mass is 340 g/mol. The lowest BCUT2D eigenvalue weighted by atomic mass is 10.1. The molecular weight excluding hydrogens is 320 g/mol. The molecule has 8 bridgehead atoms. The number of fused-ring (bicyclic) bond motifs is 7. The van der Waals surface area contributed by atoms with Crippen molar-refractivity contribution in [2.24, 2.45) is 4.99 Å². The van der Waals surface area contributed by atoms with Gasteiger partial charge in [0.25, 0.3) is 0 Å². The standard InChI is InChI=1S/C22H20N4/c1-7-20-21-8-6-18(25-21)11-16-3-2-14(23-16)10-15-4-5-17(24-15)12-19-9-13(1)22(20)26-19/h2-5,9-12,19,23-25H,1,6-8H2. The highest BCUT2D eigenvalue weighted by Crippen LogP contribution is 2.37. The van der Waals surface area contributed by atoms with Crippen LogP contribution in [0.5, 0.6) is 0 Å². The molecule has 1 saturated carbocycles. The van der Waals surface area contributed by atoms with Crippen LogP contribution in [0.25, 0.3) is 18.2 Å². The molecule has 0 amide bonds. The van der Waals surface area contributed by atoms with E-state index < -0.39 is 0 Å². The fraction of sp³-hybridized carbons (Fsp3) is 0.227. The van der Waals surface area contributed by atoms with Gasteiger partial charge in [0.15, 0.2) is 0 Å². The molecule has 1 atom stereocenters. The van der Waals surface area contributed by atoms with Gasteiger partial charge >= 0.3 is 0 Å². The third-order valence-corrected chi connectivity index (χ3v) is 5.66. The average molecular weight is 340 g/mol. The molecule has 3 aliphatic heterocycles. The minimum atomic E-state index is 0.142. The molecule has 4 nitrogen and oxygen atoms in total. The smallest absolute Gasteiger partial charge is 0.0897 e. The maximum atomic E-state index is 5.02. The highest BCUT2D eigenvalue weighted by atomic mass is 14.9. The highest BCUT2D eigenvalue weighted by molar-refractivity contribution is 6.17. The van der Waals surface area contributed by atoms with Gasteiger partial charge < -0.3 is 15.3 Å². The van der Waals surface area contributed by atoms with Crippen molar-refractivity contribution in [1.29, 1.82) is 0 Å². The molecule has 0 spiro atoms. The molecule has 0 radical (unpaired) electrons. The Bertz CT molecular complexity index is 1160. The van der Waals surface area contributed by atoms with Crippen molar-refractivity contribution < 1.29 is 0 Å². The number of hydrogen-bond acceptors (Lipinski definition) is 2. The molecule has 1 aliphatic carbocycles. The maximum Gasteiger partial charge on any atom is 0.0897 e. The summed E-state index contributed by atoms with van der Waals surface area (Å²) >= 11 is 0. The summed E-state index contributed by atoms with van der Waals surface area (Å²) in [5.74, 6) is 0. The lowest BCUT2D eigenvalue weighted by molar-refractivity contribution is 0.957. The fourth-order valence-electron chi connectivity index (χ4n) is 4.45. The van der Waals surface area contributed by atoms with E-state index in [1.54, 1.807) is 0 Å². The van der Waals surface area contributed by atoms with Crippen LogP contribution in [-0.4, -0.2) is 21.7 Å². The van der Waals surface area contributed by atoms with Crippen LogP contribution in [0, 0.1) is 0 Å². The summed E-state index contributed by atoms with van der Waals surface area (Å²) in [6.45, 7) is 0. The summed E-state index contributed by atoms with van der Waals surface area (Å²) in [5.41, 5.74) is 8.99. The van der Waals surface area contributed by atoms with E-state index in [-0.39, 0.29) is 6.04 Å². The van der Waals surface area contributed by atoms with Crippen molar-refractivity contribution >= 4 is 23.9 Å². The van der Waals surface area contributed by atoms with Crippen LogP contribution >= 0.6 is 0 Å². The van der Waals surface area contributed by atoms with Crippen LogP contribution in [0.2, 0.25) is 0 Å². The van der Waals surface area contributed by atoms with Gasteiger partial charge in [0, 0.05) is 33.5 Å². The topological polar surface area (TPSA) is 56.0 Å². The second kappa shape index (κ2) is 5.24. The Morgan fingerprint density at radius 1 is 0.808 bits per heavy atom. The van der Waals surface area contributed by atoms with Crippen LogP contribution in [0.3, 0.4) is 0 Å². The lowest BCUT2D eigenvalue weighted by Gasteiger charge is -2.06. The van der Waals surface area contributed by atoms with E-state index in [2.05, 4.69) is 63.9 Å².